The first-order chi connectivity index (χ1) is 8.43. The van der Waals surface area contributed by atoms with Crippen LogP contribution in [0.15, 0.2) is 48.7 Å². The molecule has 0 aliphatic carbocycles. The first-order valence-corrected chi connectivity index (χ1v) is 6.65. The van der Waals surface area contributed by atoms with Crippen molar-refractivity contribution in [1.82, 2.24) is 0 Å². The summed E-state index contributed by atoms with van der Waals surface area (Å²) in [6, 6.07) is 15.1. The summed E-state index contributed by atoms with van der Waals surface area (Å²) in [5, 5.41) is 1.37. The van der Waals surface area contributed by atoms with Gasteiger partial charge in [0.1, 0.15) is 4.70 Å². The standard InChI is InChI=1S/C14H12N2S/c1-2-7-13-11(5-1)16-10-9-15-8-4-3-6-12(15)14(16)17-13/h1-8H,9-10H2/q+2. The molecule has 0 atom stereocenters. The molecule has 0 saturated heterocycles. The highest BCUT2D eigenvalue weighted by atomic mass is 32.1. The molecule has 0 N–H and O–H groups in total. The highest BCUT2D eigenvalue weighted by Gasteiger charge is 2.33. The smallest absolute Gasteiger partial charge is 0.186 e. The summed E-state index contributed by atoms with van der Waals surface area (Å²) in [4.78, 5) is 0. The molecule has 4 rings (SSSR count). The lowest BCUT2D eigenvalue weighted by molar-refractivity contribution is -0.781. The Morgan fingerprint density at radius 2 is 1.82 bits per heavy atom. The number of nitrogens with zero attached hydrogens (tertiary/aromatic N) is 2. The van der Waals surface area contributed by atoms with Crippen molar-refractivity contribution in [3.05, 3.63) is 48.7 Å². The number of aromatic nitrogens is 2. The van der Waals surface area contributed by atoms with Gasteiger partial charge in [-0.2, -0.15) is 9.13 Å². The van der Waals surface area contributed by atoms with Crippen molar-refractivity contribution in [2.75, 3.05) is 0 Å². The maximum atomic E-state index is 2.44. The molecule has 82 valence electrons. The lowest BCUT2D eigenvalue weighted by Crippen LogP contribution is -2.51. The van der Waals surface area contributed by atoms with Gasteiger partial charge in [0.25, 0.3) is 5.69 Å². The van der Waals surface area contributed by atoms with Gasteiger partial charge in [-0.3, -0.25) is 0 Å². The molecule has 0 amide bonds. The third-order valence-electron chi connectivity index (χ3n) is 3.33. The Bertz CT molecular complexity index is 715. The van der Waals surface area contributed by atoms with E-state index in [2.05, 4.69) is 57.8 Å². The second-order valence-electron chi connectivity index (χ2n) is 4.31. The van der Waals surface area contributed by atoms with Gasteiger partial charge in [-0.05, 0) is 12.1 Å². The molecular weight excluding hydrogens is 228 g/mol. The van der Waals surface area contributed by atoms with Crippen molar-refractivity contribution >= 4 is 21.6 Å². The molecule has 1 aliphatic rings. The summed E-state index contributed by atoms with van der Waals surface area (Å²) in [5.74, 6) is 0. The van der Waals surface area contributed by atoms with Crippen molar-refractivity contribution in [1.29, 1.82) is 0 Å². The fraction of sp³-hybridized carbons (Fsp3) is 0.143. The number of fused-ring (bicyclic) bond motifs is 5. The fourth-order valence-corrected chi connectivity index (χ4v) is 3.75. The summed E-state index contributed by atoms with van der Waals surface area (Å²) >= 11 is 1.88. The first-order valence-electron chi connectivity index (χ1n) is 5.84. The van der Waals surface area contributed by atoms with Gasteiger partial charge in [-0.25, -0.2) is 0 Å². The van der Waals surface area contributed by atoms with E-state index in [1.165, 1.54) is 20.9 Å². The second kappa shape index (κ2) is 3.37. The average molecular weight is 240 g/mol. The molecule has 0 fully saturated rings. The molecule has 2 nitrogen and oxygen atoms in total. The third kappa shape index (κ3) is 1.26. The number of hydrogen-bond acceptors (Lipinski definition) is 1. The minimum Gasteiger partial charge on any atom is -0.186 e. The van der Waals surface area contributed by atoms with Crippen LogP contribution in [0.5, 0.6) is 0 Å². The number of pyridine rings is 1. The molecule has 0 saturated carbocycles. The molecule has 1 aromatic carbocycles. The van der Waals surface area contributed by atoms with E-state index < -0.39 is 0 Å². The van der Waals surface area contributed by atoms with Crippen LogP contribution in [0.2, 0.25) is 0 Å². The predicted molar refractivity (Wildman–Crippen MR) is 67.7 cm³/mol. The van der Waals surface area contributed by atoms with E-state index in [0.29, 0.717) is 0 Å². The largest absolute Gasteiger partial charge is 0.335 e. The predicted octanol–water partition coefficient (Wildman–Crippen LogP) is 2.16. The van der Waals surface area contributed by atoms with Crippen molar-refractivity contribution < 1.29 is 9.13 Å². The van der Waals surface area contributed by atoms with Crippen LogP contribution in [0.3, 0.4) is 0 Å². The van der Waals surface area contributed by atoms with Crippen LogP contribution in [-0.2, 0) is 13.1 Å². The normalized spacial score (nSPS) is 13.4. The molecule has 3 heteroatoms. The van der Waals surface area contributed by atoms with Gasteiger partial charge in [0, 0.05) is 18.2 Å². The van der Waals surface area contributed by atoms with Crippen LogP contribution < -0.4 is 9.13 Å². The Morgan fingerprint density at radius 3 is 2.82 bits per heavy atom. The molecule has 0 radical (unpaired) electrons. The lowest BCUT2D eigenvalue weighted by atomic mass is 10.2. The average Bonchev–Trinajstić information content (AvgIpc) is 2.78. The molecular formula is C14H12N2S+2. The molecule has 0 bridgehead atoms. The zero-order valence-corrected chi connectivity index (χ0v) is 10.2. The van der Waals surface area contributed by atoms with Gasteiger partial charge >= 0.3 is 5.01 Å². The highest BCUT2D eigenvalue weighted by Crippen LogP contribution is 2.27. The third-order valence-corrected chi connectivity index (χ3v) is 4.52. The number of para-hydroxylation sites is 1. The van der Waals surface area contributed by atoms with Gasteiger partial charge in [-0.1, -0.05) is 23.5 Å². The summed E-state index contributed by atoms with van der Waals surface area (Å²) in [5.41, 5.74) is 2.70. The van der Waals surface area contributed by atoms with Gasteiger partial charge in [0.15, 0.2) is 6.20 Å². The van der Waals surface area contributed by atoms with Crippen molar-refractivity contribution in [3.8, 4) is 10.7 Å². The summed E-state index contributed by atoms with van der Waals surface area (Å²) in [6.45, 7) is 2.13. The quantitative estimate of drug-likeness (QED) is 0.532. The van der Waals surface area contributed by atoms with Gasteiger partial charge in [-0.15, -0.1) is 0 Å². The summed E-state index contributed by atoms with van der Waals surface area (Å²) < 4.78 is 6.15. The number of rotatable bonds is 0. The summed E-state index contributed by atoms with van der Waals surface area (Å²) in [7, 11) is 0. The van der Waals surface area contributed by atoms with E-state index in [-0.39, 0.29) is 0 Å². The van der Waals surface area contributed by atoms with Crippen molar-refractivity contribution in [3.63, 3.8) is 0 Å². The molecule has 3 aromatic rings. The SMILES string of the molecule is c1cc[n+]2c(c1)-c1sc3ccccc3[n+]1CC2. The van der Waals surface area contributed by atoms with E-state index in [1.807, 2.05) is 11.3 Å². The fourth-order valence-electron chi connectivity index (χ4n) is 2.52. The van der Waals surface area contributed by atoms with Gasteiger partial charge in [0.2, 0.25) is 18.6 Å². The Labute approximate surface area is 103 Å². The molecule has 1 aliphatic heterocycles. The van der Waals surface area contributed by atoms with Gasteiger partial charge in [0.05, 0.1) is 0 Å². The van der Waals surface area contributed by atoms with E-state index in [4.69, 9.17) is 0 Å². The maximum Gasteiger partial charge on any atom is 0.335 e. The van der Waals surface area contributed by atoms with Crippen LogP contribution in [0.1, 0.15) is 0 Å². The van der Waals surface area contributed by atoms with E-state index in [0.717, 1.165) is 13.1 Å². The Kier molecular flexibility index (Phi) is 1.85. The topological polar surface area (TPSA) is 7.76 Å². The summed E-state index contributed by atoms with van der Waals surface area (Å²) in [6.07, 6.45) is 2.17. The highest BCUT2D eigenvalue weighted by molar-refractivity contribution is 7.21. The number of aryl methyl sites for hydroxylation is 2. The van der Waals surface area contributed by atoms with Gasteiger partial charge < -0.3 is 0 Å². The first kappa shape index (κ1) is 9.31. The van der Waals surface area contributed by atoms with Crippen LogP contribution in [-0.4, -0.2) is 0 Å². The van der Waals surface area contributed by atoms with E-state index in [1.54, 1.807) is 0 Å². The second-order valence-corrected chi connectivity index (χ2v) is 5.34. The zero-order valence-electron chi connectivity index (χ0n) is 9.34. The number of thiazole rings is 1. The molecule has 17 heavy (non-hydrogen) atoms. The molecule has 0 unspecified atom stereocenters. The van der Waals surface area contributed by atoms with Crippen molar-refractivity contribution in [2.24, 2.45) is 0 Å². The Morgan fingerprint density at radius 1 is 0.941 bits per heavy atom. The number of benzene rings is 1. The minimum atomic E-state index is 1.06. The zero-order chi connectivity index (χ0) is 11.2. The molecule has 2 aromatic heterocycles. The number of hydrogen-bond donors (Lipinski definition) is 0. The van der Waals surface area contributed by atoms with Crippen LogP contribution in [0.25, 0.3) is 20.9 Å². The minimum absolute atomic E-state index is 1.06. The Hall–Kier alpha value is -1.74. The van der Waals surface area contributed by atoms with E-state index >= 15 is 0 Å². The maximum absolute atomic E-state index is 2.44. The van der Waals surface area contributed by atoms with Crippen LogP contribution >= 0.6 is 11.3 Å². The Balaban J connectivity index is 2.10. The molecule has 0 spiro atoms. The molecule has 3 heterocycles. The monoisotopic (exact) mass is 240 g/mol. The van der Waals surface area contributed by atoms with E-state index in [9.17, 15) is 0 Å². The van der Waals surface area contributed by atoms with Crippen LogP contribution in [0.4, 0.5) is 0 Å². The van der Waals surface area contributed by atoms with Crippen molar-refractivity contribution in [2.45, 2.75) is 13.1 Å². The van der Waals surface area contributed by atoms with Crippen LogP contribution in [0, 0.1) is 0 Å². The lowest BCUT2D eigenvalue weighted by Gasteiger charge is -2.05.